The van der Waals surface area contributed by atoms with E-state index in [2.05, 4.69) is 9.97 Å². The standard InChI is InChI=1S/C17H24N4O4S/c1-5-7-9-10(16(23)24)26-14-12-13(18-11(19-14)8-6-2)20(3)17(25)21(4)15(12)22/h10H,5-9H2,1-4H3,(H,23,24)/t10-/m1/s1. The fourth-order valence-corrected chi connectivity index (χ4v) is 3.76. The topological polar surface area (TPSA) is 107 Å². The Balaban J connectivity index is 2.71. The molecule has 0 fully saturated rings. The largest absolute Gasteiger partial charge is 0.480 e. The average molecular weight is 380 g/mol. The lowest BCUT2D eigenvalue weighted by Gasteiger charge is -2.15. The second-order valence-electron chi connectivity index (χ2n) is 6.19. The summed E-state index contributed by atoms with van der Waals surface area (Å²) in [6, 6.07) is 0. The van der Waals surface area contributed by atoms with Crippen LogP contribution in [0.4, 0.5) is 0 Å². The molecule has 0 spiro atoms. The number of thioether (sulfide) groups is 1. The van der Waals surface area contributed by atoms with Crippen LogP contribution in [-0.2, 0) is 25.3 Å². The second kappa shape index (κ2) is 8.48. The molecule has 0 radical (unpaired) electrons. The molecule has 2 aromatic rings. The first-order chi connectivity index (χ1) is 12.3. The van der Waals surface area contributed by atoms with Crippen LogP contribution in [0, 0.1) is 0 Å². The number of aliphatic carboxylic acids is 1. The Morgan fingerprint density at radius 2 is 1.85 bits per heavy atom. The van der Waals surface area contributed by atoms with E-state index in [1.165, 1.54) is 11.6 Å². The summed E-state index contributed by atoms with van der Waals surface area (Å²) >= 11 is 1.06. The Morgan fingerprint density at radius 3 is 2.42 bits per heavy atom. The fraction of sp³-hybridized carbons (Fsp3) is 0.588. The molecule has 142 valence electrons. The molecule has 1 atom stereocenters. The van der Waals surface area contributed by atoms with Gasteiger partial charge < -0.3 is 5.11 Å². The molecule has 0 aliphatic carbocycles. The molecule has 9 heteroatoms. The molecule has 0 amide bonds. The Kier molecular flexibility index (Phi) is 6.57. The molecule has 0 bridgehead atoms. The second-order valence-corrected chi connectivity index (χ2v) is 7.38. The number of nitrogens with zero attached hydrogens (tertiary/aromatic N) is 4. The monoisotopic (exact) mass is 380 g/mol. The molecule has 2 heterocycles. The van der Waals surface area contributed by atoms with Crippen molar-refractivity contribution in [1.82, 2.24) is 19.1 Å². The molecule has 0 aromatic carbocycles. The Bertz CT molecular complexity index is 935. The normalized spacial score (nSPS) is 12.5. The number of hydrogen-bond acceptors (Lipinski definition) is 6. The van der Waals surface area contributed by atoms with Crippen LogP contribution in [0.25, 0.3) is 11.0 Å². The van der Waals surface area contributed by atoms with Crippen molar-refractivity contribution in [3.05, 3.63) is 26.7 Å². The fourth-order valence-electron chi connectivity index (χ4n) is 2.65. The molecule has 0 aliphatic rings. The first-order valence-corrected chi connectivity index (χ1v) is 9.55. The minimum Gasteiger partial charge on any atom is -0.480 e. The molecule has 8 nitrogen and oxygen atoms in total. The maximum atomic E-state index is 12.7. The van der Waals surface area contributed by atoms with Gasteiger partial charge in [-0.05, 0) is 12.8 Å². The van der Waals surface area contributed by atoms with Crippen molar-refractivity contribution < 1.29 is 9.90 Å². The lowest BCUT2D eigenvalue weighted by molar-refractivity contribution is -0.136. The number of carboxylic acids is 1. The van der Waals surface area contributed by atoms with Gasteiger partial charge in [-0.1, -0.05) is 38.5 Å². The highest BCUT2D eigenvalue weighted by molar-refractivity contribution is 8.00. The summed E-state index contributed by atoms with van der Waals surface area (Å²) < 4.78 is 2.31. The molecule has 0 saturated heterocycles. The van der Waals surface area contributed by atoms with Gasteiger partial charge in [-0.25, -0.2) is 14.8 Å². The van der Waals surface area contributed by atoms with Crippen molar-refractivity contribution in [2.75, 3.05) is 0 Å². The van der Waals surface area contributed by atoms with Gasteiger partial charge in [-0.2, -0.15) is 0 Å². The van der Waals surface area contributed by atoms with E-state index >= 15 is 0 Å². The van der Waals surface area contributed by atoms with E-state index < -0.39 is 22.5 Å². The molecular formula is C17H24N4O4S. The van der Waals surface area contributed by atoms with Crippen LogP contribution in [0.2, 0.25) is 0 Å². The maximum Gasteiger partial charge on any atom is 0.332 e. The zero-order valence-corrected chi connectivity index (χ0v) is 16.3. The van der Waals surface area contributed by atoms with Crippen molar-refractivity contribution in [1.29, 1.82) is 0 Å². The van der Waals surface area contributed by atoms with E-state index in [-0.39, 0.29) is 11.0 Å². The van der Waals surface area contributed by atoms with Gasteiger partial charge >= 0.3 is 11.7 Å². The van der Waals surface area contributed by atoms with E-state index in [1.54, 1.807) is 7.05 Å². The number of aryl methyl sites for hydroxylation is 2. The van der Waals surface area contributed by atoms with Gasteiger partial charge in [0.25, 0.3) is 5.56 Å². The van der Waals surface area contributed by atoms with Gasteiger partial charge in [0, 0.05) is 20.5 Å². The summed E-state index contributed by atoms with van der Waals surface area (Å²) in [5.74, 6) is -0.431. The highest BCUT2D eigenvalue weighted by atomic mass is 32.2. The smallest absolute Gasteiger partial charge is 0.332 e. The summed E-state index contributed by atoms with van der Waals surface area (Å²) in [4.78, 5) is 45.3. The van der Waals surface area contributed by atoms with Crippen LogP contribution in [0.15, 0.2) is 14.6 Å². The van der Waals surface area contributed by atoms with Crippen molar-refractivity contribution in [3.63, 3.8) is 0 Å². The van der Waals surface area contributed by atoms with Crippen molar-refractivity contribution in [2.24, 2.45) is 14.1 Å². The third-order valence-corrected chi connectivity index (χ3v) is 5.38. The predicted molar refractivity (Wildman–Crippen MR) is 101 cm³/mol. The van der Waals surface area contributed by atoms with E-state index in [1.807, 2.05) is 13.8 Å². The SMILES string of the molecule is CCCC[C@@H](Sc1nc(CCC)nc2c1c(=O)n(C)c(=O)n2C)C(=O)O. The quantitative estimate of drug-likeness (QED) is 0.549. The minimum atomic E-state index is -0.936. The number of unbranched alkanes of at least 4 members (excludes halogenated alkanes) is 1. The molecule has 1 N–H and O–H groups in total. The molecule has 0 saturated carbocycles. The summed E-state index contributed by atoms with van der Waals surface area (Å²) in [6.45, 7) is 3.97. The molecule has 0 unspecified atom stereocenters. The van der Waals surface area contributed by atoms with Crippen LogP contribution in [0.3, 0.4) is 0 Å². The van der Waals surface area contributed by atoms with Crippen LogP contribution in [0.1, 0.15) is 45.4 Å². The van der Waals surface area contributed by atoms with Crippen molar-refractivity contribution >= 4 is 28.8 Å². The molecular weight excluding hydrogens is 356 g/mol. The van der Waals surface area contributed by atoms with E-state index in [4.69, 9.17) is 0 Å². The summed E-state index contributed by atoms with van der Waals surface area (Å²) in [5.41, 5.74) is -0.729. The lowest BCUT2D eigenvalue weighted by Crippen LogP contribution is -2.38. The van der Waals surface area contributed by atoms with Gasteiger partial charge in [0.05, 0.1) is 0 Å². The number of aromatic nitrogens is 4. The van der Waals surface area contributed by atoms with Gasteiger partial charge in [0.2, 0.25) is 0 Å². The van der Waals surface area contributed by atoms with Gasteiger partial charge in [0.1, 0.15) is 21.5 Å². The summed E-state index contributed by atoms with van der Waals surface area (Å²) in [5, 5.41) is 9.35. The third kappa shape index (κ3) is 3.98. The average Bonchev–Trinajstić information content (AvgIpc) is 2.61. The first kappa shape index (κ1) is 20.2. The summed E-state index contributed by atoms with van der Waals surface area (Å²) in [6.07, 6.45) is 3.51. The van der Waals surface area contributed by atoms with Crippen LogP contribution in [0.5, 0.6) is 0 Å². The van der Waals surface area contributed by atoms with Gasteiger partial charge in [-0.3, -0.25) is 18.7 Å². The maximum absolute atomic E-state index is 12.7. The van der Waals surface area contributed by atoms with E-state index in [0.717, 1.165) is 35.6 Å². The Morgan fingerprint density at radius 1 is 1.15 bits per heavy atom. The van der Waals surface area contributed by atoms with E-state index in [9.17, 15) is 19.5 Å². The van der Waals surface area contributed by atoms with Gasteiger partial charge in [-0.15, -0.1) is 0 Å². The van der Waals surface area contributed by atoms with Crippen LogP contribution in [-0.4, -0.2) is 35.4 Å². The molecule has 2 rings (SSSR count). The highest BCUT2D eigenvalue weighted by Gasteiger charge is 2.24. The first-order valence-electron chi connectivity index (χ1n) is 8.67. The number of carboxylic acid groups (broad SMARTS) is 1. The van der Waals surface area contributed by atoms with Gasteiger partial charge in [0.15, 0.2) is 5.65 Å². The number of fused-ring (bicyclic) bond motifs is 1. The van der Waals surface area contributed by atoms with Crippen molar-refractivity contribution in [2.45, 2.75) is 56.2 Å². The van der Waals surface area contributed by atoms with E-state index in [0.29, 0.717) is 23.7 Å². The molecule has 2 aromatic heterocycles. The van der Waals surface area contributed by atoms with Crippen molar-refractivity contribution in [3.8, 4) is 0 Å². The number of rotatable bonds is 8. The highest BCUT2D eigenvalue weighted by Crippen LogP contribution is 2.29. The number of hydrogen-bond donors (Lipinski definition) is 1. The van der Waals surface area contributed by atoms with Crippen LogP contribution >= 0.6 is 11.8 Å². The zero-order chi connectivity index (χ0) is 19.4. The Hall–Kier alpha value is -2.16. The summed E-state index contributed by atoms with van der Waals surface area (Å²) in [7, 11) is 2.94. The molecule has 0 aliphatic heterocycles. The minimum absolute atomic E-state index is 0.196. The predicted octanol–water partition coefficient (Wildman–Crippen LogP) is 1.72. The van der Waals surface area contributed by atoms with Crippen LogP contribution < -0.4 is 11.2 Å². The third-order valence-electron chi connectivity index (χ3n) is 4.14. The lowest BCUT2D eigenvalue weighted by atomic mass is 10.2. The zero-order valence-electron chi connectivity index (χ0n) is 15.5. The molecule has 26 heavy (non-hydrogen) atoms. The number of carbonyl (C=O) groups is 1. The Labute approximate surface area is 155 Å².